The fourth-order valence-corrected chi connectivity index (χ4v) is 1.58. The van der Waals surface area contributed by atoms with Gasteiger partial charge in [0.2, 0.25) is 0 Å². The van der Waals surface area contributed by atoms with Gasteiger partial charge in [-0.3, -0.25) is 0 Å². The highest BCUT2D eigenvalue weighted by molar-refractivity contribution is 5.76. The van der Waals surface area contributed by atoms with Gasteiger partial charge >= 0.3 is 0 Å². The minimum absolute atomic E-state index is 0.281. The quantitative estimate of drug-likeness (QED) is 0.844. The number of para-hydroxylation sites is 1. The zero-order valence-electron chi connectivity index (χ0n) is 9.07. The number of benzene rings is 1. The van der Waals surface area contributed by atoms with Gasteiger partial charge in [-0.15, -0.1) is 0 Å². The van der Waals surface area contributed by atoms with Crippen molar-refractivity contribution in [1.29, 1.82) is 0 Å². The van der Waals surface area contributed by atoms with Crippen molar-refractivity contribution in [3.63, 3.8) is 0 Å². The molecule has 0 saturated heterocycles. The van der Waals surface area contributed by atoms with Gasteiger partial charge in [-0.25, -0.2) is 4.39 Å². The van der Waals surface area contributed by atoms with Crippen molar-refractivity contribution in [3.8, 4) is 11.3 Å². The van der Waals surface area contributed by atoms with Gasteiger partial charge in [0.25, 0.3) is 0 Å². The number of halogens is 1. The van der Waals surface area contributed by atoms with Crippen molar-refractivity contribution < 1.29 is 8.91 Å². The molecule has 1 heterocycles. The molecule has 0 spiro atoms. The van der Waals surface area contributed by atoms with Gasteiger partial charge in [0.05, 0.1) is 5.69 Å². The van der Waals surface area contributed by atoms with E-state index in [-0.39, 0.29) is 11.6 Å². The van der Waals surface area contributed by atoms with E-state index in [2.05, 4.69) is 5.16 Å². The third-order valence-corrected chi connectivity index (χ3v) is 2.23. The van der Waals surface area contributed by atoms with Crippen LogP contribution in [0.15, 0.2) is 28.8 Å². The average molecular weight is 221 g/mol. The molecule has 5 heteroatoms. The fourth-order valence-electron chi connectivity index (χ4n) is 1.58. The maximum atomic E-state index is 13.7. The lowest BCUT2D eigenvalue weighted by atomic mass is 10.1. The first-order chi connectivity index (χ1) is 7.59. The molecule has 1 aromatic heterocycles. The Hall–Kier alpha value is -2.04. The van der Waals surface area contributed by atoms with Gasteiger partial charge < -0.3 is 15.2 Å². The van der Waals surface area contributed by atoms with Crippen molar-refractivity contribution >= 4 is 11.5 Å². The van der Waals surface area contributed by atoms with E-state index in [1.165, 1.54) is 6.07 Å². The molecule has 84 valence electrons. The van der Waals surface area contributed by atoms with Crippen molar-refractivity contribution in [2.75, 3.05) is 24.7 Å². The molecule has 0 unspecified atom stereocenters. The standard InChI is InChI=1S/C11H12FN3O/c1-15(2)11-7(4-3-5-8(11)12)9-6-10(13)14-16-9/h3-6H,1-2H3,(H2,13,14). The summed E-state index contributed by atoms with van der Waals surface area (Å²) in [5.74, 6) is 0.433. The normalized spacial score (nSPS) is 10.4. The van der Waals surface area contributed by atoms with E-state index < -0.39 is 0 Å². The number of hydrogen-bond donors (Lipinski definition) is 1. The number of hydrogen-bond acceptors (Lipinski definition) is 4. The summed E-state index contributed by atoms with van der Waals surface area (Å²) in [6.45, 7) is 0. The van der Waals surface area contributed by atoms with Crippen molar-refractivity contribution in [2.24, 2.45) is 0 Å². The van der Waals surface area contributed by atoms with Crippen LogP contribution >= 0.6 is 0 Å². The monoisotopic (exact) mass is 221 g/mol. The zero-order valence-corrected chi connectivity index (χ0v) is 9.07. The van der Waals surface area contributed by atoms with Crippen LogP contribution in [0, 0.1) is 5.82 Å². The molecule has 0 atom stereocenters. The first kappa shape index (κ1) is 10.5. The van der Waals surface area contributed by atoms with Gasteiger partial charge in [0.1, 0.15) is 5.82 Å². The van der Waals surface area contributed by atoms with Gasteiger partial charge in [-0.1, -0.05) is 11.2 Å². The Morgan fingerprint density at radius 2 is 2.12 bits per heavy atom. The Balaban J connectivity index is 2.60. The van der Waals surface area contributed by atoms with Crippen LogP contribution in [0.3, 0.4) is 0 Å². The van der Waals surface area contributed by atoms with E-state index in [1.54, 1.807) is 37.2 Å². The third kappa shape index (κ3) is 1.71. The summed E-state index contributed by atoms with van der Waals surface area (Å²) < 4.78 is 18.7. The van der Waals surface area contributed by atoms with E-state index in [0.29, 0.717) is 17.0 Å². The van der Waals surface area contributed by atoms with E-state index in [9.17, 15) is 4.39 Å². The minimum Gasteiger partial charge on any atom is -0.381 e. The smallest absolute Gasteiger partial charge is 0.171 e. The van der Waals surface area contributed by atoms with Crippen LogP contribution in [0.2, 0.25) is 0 Å². The second-order valence-corrected chi connectivity index (χ2v) is 3.65. The fraction of sp³-hybridized carbons (Fsp3) is 0.182. The Morgan fingerprint density at radius 1 is 1.38 bits per heavy atom. The molecule has 0 saturated carbocycles. The molecule has 0 fully saturated rings. The summed E-state index contributed by atoms with van der Waals surface area (Å²) in [6, 6.07) is 6.36. The molecule has 0 bridgehead atoms. The second-order valence-electron chi connectivity index (χ2n) is 3.65. The lowest BCUT2D eigenvalue weighted by Crippen LogP contribution is -2.11. The van der Waals surface area contributed by atoms with Gasteiger partial charge in [0.15, 0.2) is 11.6 Å². The van der Waals surface area contributed by atoms with Crippen LogP contribution in [-0.4, -0.2) is 19.3 Å². The molecule has 0 amide bonds. The highest BCUT2D eigenvalue weighted by atomic mass is 19.1. The largest absolute Gasteiger partial charge is 0.381 e. The molecule has 2 rings (SSSR count). The predicted molar refractivity (Wildman–Crippen MR) is 60.6 cm³/mol. The number of nitrogens with zero attached hydrogens (tertiary/aromatic N) is 2. The Labute approximate surface area is 92.4 Å². The molecule has 2 aromatic rings. The lowest BCUT2D eigenvalue weighted by Gasteiger charge is -2.16. The molecule has 0 aliphatic heterocycles. The second kappa shape index (κ2) is 3.84. The molecule has 16 heavy (non-hydrogen) atoms. The van der Waals surface area contributed by atoms with Crippen LogP contribution in [0.1, 0.15) is 0 Å². The van der Waals surface area contributed by atoms with Gasteiger partial charge in [-0.05, 0) is 12.1 Å². The topological polar surface area (TPSA) is 55.3 Å². The SMILES string of the molecule is CN(C)c1c(F)cccc1-c1cc(N)no1. The molecule has 0 radical (unpaired) electrons. The van der Waals surface area contributed by atoms with Crippen molar-refractivity contribution in [2.45, 2.75) is 0 Å². The third-order valence-electron chi connectivity index (χ3n) is 2.23. The number of rotatable bonds is 2. The Bertz CT molecular complexity index is 508. The summed E-state index contributed by atoms with van der Waals surface area (Å²) in [7, 11) is 3.53. The molecule has 1 aromatic carbocycles. The summed E-state index contributed by atoms with van der Waals surface area (Å²) in [6.07, 6.45) is 0. The number of anilines is 2. The van der Waals surface area contributed by atoms with Crippen LogP contribution in [0.4, 0.5) is 15.9 Å². The van der Waals surface area contributed by atoms with Crippen molar-refractivity contribution in [3.05, 3.63) is 30.1 Å². The molecule has 0 aliphatic rings. The highest BCUT2D eigenvalue weighted by Crippen LogP contribution is 2.32. The van der Waals surface area contributed by atoms with E-state index in [1.807, 2.05) is 0 Å². The molecule has 2 N–H and O–H groups in total. The van der Waals surface area contributed by atoms with E-state index >= 15 is 0 Å². The predicted octanol–water partition coefficient (Wildman–Crippen LogP) is 2.13. The Kier molecular flexibility index (Phi) is 2.52. The average Bonchev–Trinajstić information content (AvgIpc) is 2.63. The lowest BCUT2D eigenvalue weighted by molar-refractivity contribution is 0.435. The molecule has 0 aliphatic carbocycles. The van der Waals surface area contributed by atoms with Crippen LogP contribution in [-0.2, 0) is 0 Å². The molecular formula is C11H12FN3O. The van der Waals surface area contributed by atoms with Gasteiger partial charge in [-0.2, -0.15) is 0 Å². The van der Waals surface area contributed by atoms with Crippen LogP contribution in [0.25, 0.3) is 11.3 Å². The summed E-state index contributed by atoms with van der Waals surface area (Å²) in [5.41, 5.74) is 6.56. The van der Waals surface area contributed by atoms with E-state index in [4.69, 9.17) is 10.3 Å². The van der Waals surface area contributed by atoms with Crippen molar-refractivity contribution in [1.82, 2.24) is 5.16 Å². The number of aromatic nitrogens is 1. The number of nitrogens with two attached hydrogens (primary N) is 1. The molecule has 4 nitrogen and oxygen atoms in total. The Morgan fingerprint density at radius 3 is 2.69 bits per heavy atom. The zero-order chi connectivity index (χ0) is 11.7. The minimum atomic E-state index is -0.308. The van der Waals surface area contributed by atoms with Crippen LogP contribution < -0.4 is 10.6 Å². The maximum absolute atomic E-state index is 13.7. The summed E-state index contributed by atoms with van der Waals surface area (Å²) >= 11 is 0. The van der Waals surface area contributed by atoms with Crippen LogP contribution in [0.5, 0.6) is 0 Å². The summed E-state index contributed by atoms with van der Waals surface area (Å²) in [5, 5.41) is 3.58. The van der Waals surface area contributed by atoms with Gasteiger partial charge in [0, 0.05) is 25.7 Å². The maximum Gasteiger partial charge on any atom is 0.171 e. The molecular weight excluding hydrogens is 209 g/mol. The highest BCUT2D eigenvalue weighted by Gasteiger charge is 2.15. The first-order valence-electron chi connectivity index (χ1n) is 4.78. The van der Waals surface area contributed by atoms with E-state index in [0.717, 1.165) is 0 Å². The number of nitrogen functional groups attached to an aromatic ring is 1. The summed E-state index contributed by atoms with van der Waals surface area (Å²) in [4.78, 5) is 1.68. The first-order valence-corrected chi connectivity index (χ1v) is 4.78.